The highest BCUT2D eigenvalue weighted by Crippen LogP contribution is 2.37. The SMILES string of the molecule is CC1CCc2c(sc3nc(-c4cccnc4)c(N)n23)C1. The summed E-state index contributed by atoms with van der Waals surface area (Å²) in [5.41, 5.74) is 9.56. The summed E-state index contributed by atoms with van der Waals surface area (Å²) in [7, 11) is 0. The van der Waals surface area contributed by atoms with Crippen LogP contribution in [-0.4, -0.2) is 14.4 Å². The van der Waals surface area contributed by atoms with Crippen LogP contribution in [0.4, 0.5) is 5.82 Å². The first-order chi connectivity index (χ1) is 9.74. The molecule has 0 aromatic carbocycles. The Morgan fingerprint density at radius 2 is 2.35 bits per heavy atom. The summed E-state index contributed by atoms with van der Waals surface area (Å²) in [6, 6.07) is 3.92. The van der Waals surface area contributed by atoms with Crippen LogP contribution in [-0.2, 0) is 12.8 Å². The first-order valence-corrected chi connectivity index (χ1v) is 7.74. The van der Waals surface area contributed by atoms with Crippen molar-refractivity contribution in [1.82, 2.24) is 14.4 Å². The van der Waals surface area contributed by atoms with Crippen LogP contribution in [0.25, 0.3) is 16.2 Å². The van der Waals surface area contributed by atoms with Gasteiger partial charge >= 0.3 is 0 Å². The predicted molar refractivity (Wildman–Crippen MR) is 81.9 cm³/mol. The van der Waals surface area contributed by atoms with Crippen molar-refractivity contribution in [3.05, 3.63) is 35.1 Å². The Morgan fingerprint density at radius 3 is 3.15 bits per heavy atom. The smallest absolute Gasteiger partial charge is 0.196 e. The zero-order chi connectivity index (χ0) is 13.7. The van der Waals surface area contributed by atoms with Crippen molar-refractivity contribution in [3.63, 3.8) is 0 Å². The summed E-state index contributed by atoms with van der Waals surface area (Å²) in [4.78, 5) is 11.4. The van der Waals surface area contributed by atoms with E-state index in [9.17, 15) is 0 Å². The molecule has 0 saturated heterocycles. The van der Waals surface area contributed by atoms with Gasteiger partial charge in [0.2, 0.25) is 0 Å². The van der Waals surface area contributed by atoms with Gasteiger partial charge in [-0.2, -0.15) is 0 Å². The Kier molecular flexibility index (Phi) is 2.57. The minimum atomic E-state index is 0.750. The third kappa shape index (κ3) is 1.66. The molecule has 0 amide bonds. The molecule has 3 heterocycles. The Labute approximate surface area is 121 Å². The number of aromatic nitrogens is 3. The van der Waals surface area contributed by atoms with Crippen LogP contribution in [0.5, 0.6) is 0 Å². The molecule has 0 fully saturated rings. The van der Waals surface area contributed by atoms with E-state index in [4.69, 9.17) is 10.7 Å². The lowest BCUT2D eigenvalue weighted by atomic mass is 9.93. The highest BCUT2D eigenvalue weighted by Gasteiger charge is 2.24. The number of hydrogen-bond acceptors (Lipinski definition) is 4. The summed E-state index contributed by atoms with van der Waals surface area (Å²) >= 11 is 1.78. The molecule has 0 spiro atoms. The summed E-state index contributed by atoms with van der Waals surface area (Å²) in [5, 5.41) is 0. The van der Waals surface area contributed by atoms with Crippen LogP contribution in [0.2, 0.25) is 0 Å². The van der Waals surface area contributed by atoms with E-state index in [1.807, 2.05) is 18.3 Å². The van der Waals surface area contributed by atoms with E-state index in [1.165, 1.54) is 17.0 Å². The van der Waals surface area contributed by atoms with Crippen molar-refractivity contribution in [3.8, 4) is 11.3 Å². The average molecular weight is 284 g/mol. The number of imidazole rings is 1. The highest BCUT2D eigenvalue weighted by atomic mass is 32.1. The fraction of sp³-hybridized carbons (Fsp3) is 0.333. The number of anilines is 1. The Hall–Kier alpha value is -1.88. The van der Waals surface area contributed by atoms with Gasteiger partial charge in [0.05, 0.1) is 0 Å². The number of thiazole rings is 1. The standard InChI is InChI=1S/C15H16N4S/c1-9-4-5-11-12(7-9)20-15-18-13(14(16)19(11)15)10-3-2-6-17-8-10/h2-3,6,8-9H,4-5,7,16H2,1H3. The van der Waals surface area contributed by atoms with E-state index in [1.54, 1.807) is 17.5 Å². The first kappa shape index (κ1) is 11.9. The van der Waals surface area contributed by atoms with Gasteiger partial charge < -0.3 is 5.73 Å². The van der Waals surface area contributed by atoms with E-state index >= 15 is 0 Å². The molecule has 3 aromatic rings. The minimum Gasteiger partial charge on any atom is -0.383 e. The Balaban J connectivity index is 1.91. The molecule has 0 saturated carbocycles. The highest BCUT2D eigenvalue weighted by molar-refractivity contribution is 7.17. The second-order valence-electron chi connectivity index (χ2n) is 5.53. The lowest BCUT2D eigenvalue weighted by molar-refractivity contribution is 0.499. The molecule has 1 aliphatic rings. The maximum Gasteiger partial charge on any atom is 0.196 e. The van der Waals surface area contributed by atoms with Crippen LogP contribution >= 0.6 is 11.3 Å². The Bertz CT molecular complexity index is 772. The molecular weight excluding hydrogens is 268 g/mol. The summed E-state index contributed by atoms with van der Waals surface area (Å²) < 4.78 is 2.15. The van der Waals surface area contributed by atoms with Crippen molar-refractivity contribution in [1.29, 1.82) is 0 Å². The van der Waals surface area contributed by atoms with Crippen LogP contribution in [0.1, 0.15) is 23.9 Å². The number of aryl methyl sites for hydroxylation is 1. The quantitative estimate of drug-likeness (QED) is 0.746. The zero-order valence-corrected chi connectivity index (χ0v) is 12.2. The molecule has 4 nitrogen and oxygen atoms in total. The van der Waals surface area contributed by atoms with Gasteiger partial charge in [0.15, 0.2) is 4.96 Å². The van der Waals surface area contributed by atoms with Gasteiger partial charge in [0.1, 0.15) is 11.5 Å². The number of pyridine rings is 1. The zero-order valence-electron chi connectivity index (χ0n) is 11.3. The van der Waals surface area contributed by atoms with E-state index in [-0.39, 0.29) is 0 Å². The largest absolute Gasteiger partial charge is 0.383 e. The van der Waals surface area contributed by atoms with Gasteiger partial charge in [-0.25, -0.2) is 4.98 Å². The number of hydrogen-bond donors (Lipinski definition) is 1. The second kappa shape index (κ2) is 4.31. The molecule has 4 rings (SSSR count). The van der Waals surface area contributed by atoms with Crippen molar-refractivity contribution < 1.29 is 0 Å². The molecule has 0 aliphatic heterocycles. The minimum absolute atomic E-state index is 0.750. The molecule has 102 valence electrons. The number of nitrogens with two attached hydrogens (primary N) is 1. The molecule has 20 heavy (non-hydrogen) atoms. The van der Waals surface area contributed by atoms with E-state index in [2.05, 4.69) is 16.3 Å². The lowest BCUT2D eigenvalue weighted by Crippen LogP contribution is -2.11. The molecule has 2 N–H and O–H groups in total. The van der Waals surface area contributed by atoms with Crippen molar-refractivity contribution in [2.45, 2.75) is 26.2 Å². The van der Waals surface area contributed by atoms with E-state index in [0.717, 1.165) is 40.8 Å². The molecule has 0 radical (unpaired) electrons. The monoisotopic (exact) mass is 284 g/mol. The fourth-order valence-electron chi connectivity index (χ4n) is 2.96. The summed E-state index contributed by atoms with van der Waals surface area (Å²) in [6.07, 6.45) is 7.08. The predicted octanol–water partition coefficient (Wildman–Crippen LogP) is 3.16. The van der Waals surface area contributed by atoms with Crippen LogP contribution in [0.3, 0.4) is 0 Å². The first-order valence-electron chi connectivity index (χ1n) is 6.93. The average Bonchev–Trinajstić information content (AvgIpc) is 2.96. The third-order valence-corrected chi connectivity index (χ3v) is 5.14. The van der Waals surface area contributed by atoms with E-state index < -0.39 is 0 Å². The van der Waals surface area contributed by atoms with Crippen molar-refractivity contribution in [2.24, 2.45) is 5.92 Å². The van der Waals surface area contributed by atoms with Gasteiger partial charge in [0.25, 0.3) is 0 Å². The maximum absolute atomic E-state index is 6.35. The molecular formula is C15H16N4S. The molecule has 1 aliphatic carbocycles. The van der Waals surface area contributed by atoms with Gasteiger partial charge in [-0.05, 0) is 37.3 Å². The van der Waals surface area contributed by atoms with Gasteiger partial charge in [0, 0.05) is 28.5 Å². The van der Waals surface area contributed by atoms with E-state index in [0.29, 0.717) is 0 Å². The Morgan fingerprint density at radius 1 is 1.45 bits per heavy atom. The third-order valence-electron chi connectivity index (χ3n) is 4.03. The molecule has 0 bridgehead atoms. The number of nitrogens with zero attached hydrogens (tertiary/aromatic N) is 3. The van der Waals surface area contributed by atoms with Crippen LogP contribution in [0, 0.1) is 5.92 Å². The van der Waals surface area contributed by atoms with Crippen LogP contribution < -0.4 is 5.73 Å². The van der Waals surface area contributed by atoms with Crippen molar-refractivity contribution in [2.75, 3.05) is 5.73 Å². The molecule has 5 heteroatoms. The topological polar surface area (TPSA) is 56.2 Å². The van der Waals surface area contributed by atoms with Crippen LogP contribution in [0.15, 0.2) is 24.5 Å². The summed E-state index contributed by atoms with van der Waals surface area (Å²) in [5.74, 6) is 1.52. The molecule has 3 aromatic heterocycles. The normalized spacial score (nSPS) is 18.4. The lowest BCUT2D eigenvalue weighted by Gasteiger charge is -2.17. The number of rotatable bonds is 1. The van der Waals surface area contributed by atoms with Gasteiger partial charge in [-0.1, -0.05) is 6.92 Å². The van der Waals surface area contributed by atoms with Gasteiger partial charge in [-0.15, -0.1) is 11.3 Å². The fourth-order valence-corrected chi connectivity index (χ4v) is 4.30. The summed E-state index contributed by atoms with van der Waals surface area (Å²) in [6.45, 7) is 2.32. The maximum atomic E-state index is 6.35. The number of fused-ring (bicyclic) bond motifs is 3. The number of nitrogen functional groups attached to an aromatic ring is 1. The van der Waals surface area contributed by atoms with Crippen molar-refractivity contribution >= 4 is 22.1 Å². The van der Waals surface area contributed by atoms with Gasteiger partial charge in [-0.3, -0.25) is 9.38 Å². The second-order valence-corrected chi connectivity index (χ2v) is 6.59. The molecule has 1 unspecified atom stereocenters. The molecule has 1 atom stereocenters.